The third-order valence-corrected chi connectivity index (χ3v) is 5.84. The fraction of sp³-hybridized carbons (Fsp3) is 0.148. The van der Waals surface area contributed by atoms with Crippen molar-refractivity contribution in [3.8, 4) is 5.75 Å². The Morgan fingerprint density at radius 1 is 0.941 bits per heavy atom. The van der Waals surface area contributed by atoms with Gasteiger partial charge in [0.25, 0.3) is 5.91 Å². The van der Waals surface area contributed by atoms with Crippen molar-refractivity contribution in [2.45, 2.75) is 20.8 Å². The highest BCUT2D eigenvalue weighted by Gasteiger charge is 2.28. The highest BCUT2D eigenvalue weighted by Crippen LogP contribution is 2.29. The quantitative estimate of drug-likeness (QED) is 0.520. The lowest BCUT2D eigenvalue weighted by Crippen LogP contribution is -2.26. The van der Waals surface area contributed by atoms with Crippen LogP contribution < -0.4 is 9.50 Å². The maximum atomic E-state index is 13.2. The van der Waals surface area contributed by atoms with Gasteiger partial charge in [-0.25, -0.2) is 9.20 Å². The van der Waals surface area contributed by atoms with E-state index < -0.39 is 17.0 Å². The summed E-state index contributed by atoms with van der Waals surface area (Å²) in [6, 6.07) is 17.7. The van der Waals surface area contributed by atoms with Gasteiger partial charge in [-0.1, -0.05) is 42.0 Å². The Morgan fingerprint density at radius 3 is 2.18 bits per heavy atom. The zero-order chi connectivity index (χ0) is 24.4. The van der Waals surface area contributed by atoms with Crippen molar-refractivity contribution in [2.24, 2.45) is 4.99 Å². The minimum absolute atomic E-state index is 0.00913. The summed E-state index contributed by atoms with van der Waals surface area (Å²) in [7, 11) is 0. The summed E-state index contributed by atoms with van der Waals surface area (Å²) >= 11 is -1.44. The summed E-state index contributed by atoms with van der Waals surface area (Å²) in [5.41, 5.74) is 6.20. The first-order valence-corrected chi connectivity index (χ1v) is 12.2. The summed E-state index contributed by atoms with van der Waals surface area (Å²) in [5, 5.41) is 2.75. The van der Waals surface area contributed by atoms with Gasteiger partial charge in [-0.15, -0.1) is 0 Å². The molecule has 7 heteroatoms. The molecule has 34 heavy (non-hydrogen) atoms. The molecular weight excluding hydrogens is 448 g/mol. The van der Waals surface area contributed by atoms with E-state index in [0.29, 0.717) is 28.3 Å². The number of hydrogen-bond acceptors (Lipinski definition) is 5. The van der Waals surface area contributed by atoms with Crippen molar-refractivity contribution in [3.63, 3.8) is 0 Å². The van der Waals surface area contributed by atoms with Gasteiger partial charge in [0.2, 0.25) is 11.1 Å². The number of rotatable bonds is 5. The Morgan fingerprint density at radius 2 is 1.56 bits per heavy atom. The molecule has 0 bridgehead atoms. The fourth-order valence-electron chi connectivity index (χ4n) is 3.99. The predicted molar refractivity (Wildman–Crippen MR) is 135 cm³/mol. The van der Waals surface area contributed by atoms with Crippen LogP contribution in [0.4, 0.5) is 11.4 Å². The minimum atomic E-state index is -1.44. The molecular formula is C27H24N2O4S. The van der Waals surface area contributed by atoms with Crippen LogP contribution in [0.15, 0.2) is 77.3 Å². The Hall–Kier alpha value is -3.84. The first kappa shape index (κ1) is 23.3. The van der Waals surface area contributed by atoms with E-state index in [2.05, 4.69) is 17.4 Å². The van der Waals surface area contributed by atoms with Gasteiger partial charge in [0.05, 0.1) is 17.0 Å². The summed E-state index contributed by atoms with van der Waals surface area (Å²) in [6.45, 7) is 6.03. The third-order valence-electron chi connectivity index (χ3n) is 5.41. The molecule has 4 rings (SSSR count). The molecule has 0 aromatic heterocycles. The normalized spacial score (nSPS) is 14.9. The highest BCUT2D eigenvalue weighted by molar-refractivity contribution is 7.79. The van der Waals surface area contributed by atoms with E-state index in [9.17, 15) is 13.8 Å². The van der Waals surface area contributed by atoms with Crippen LogP contribution in [0, 0.1) is 20.8 Å². The number of benzene rings is 3. The lowest BCUT2D eigenvalue weighted by atomic mass is 9.88. The molecule has 0 aliphatic heterocycles. The van der Waals surface area contributed by atoms with Crippen LogP contribution in [-0.2, 0) is 15.9 Å². The van der Waals surface area contributed by atoms with Gasteiger partial charge < -0.3 is 9.50 Å². The first-order valence-electron chi connectivity index (χ1n) is 10.7. The molecule has 1 unspecified atom stereocenters. The molecule has 6 nitrogen and oxygen atoms in total. The second kappa shape index (κ2) is 9.57. The number of anilines is 1. The molecule has 0 heterocycles. The molecule has 3 aromatic rings. The Balaban J connectivity index is 1.71. The number of ketones is 1. The standard InChI is InChI=1S/C27H24N2O4S/c1-16-13-17(2)25(18(3)14-16)29-24-15-23(26(30)22-8-6-5-7-21(22)24)27(31)28-19-9-11-20(12-10-19)33-34(4)32/h5-15H,1-4H3,(H,28,31). The Bertz CT molecular complexity index is 1360. The second-order valence-electron chi connectivity index (χ2n) is 8.14. The molecule has 1 atom stereocenters. The Kier molecular flexibility index (Phi) is 6.56. The van der Waals surface area contributed by atoms with E-state index in [1.807, 2.05) is 32.9 Å². The topological polar surface area (TPSA) is 84.8 Å². The van der Waals surface area contributed by atoms with E-state index in [1.165, 1.54) is 6.26 Å². The summed E-state index contributed by atoms with van der Waals surface area (Å²) < 4.78 is 16.3. The van der Waals surface area contributed by atoms with E-state index in [0.717, 1.165) is 22.4 Å². The van der Waals surface area contributed by atoms with E-state index in [4.69, 9.17) is 9.18 Å². The number of aliphatic imine (C=N–C) groups is 1. The van der Waals surface area contributed by atoms with Gasteiger partial charge in [0.15, 0.2) is 5.78 Å². The number of nitrogens with zero attached hydrogens (tertiary/aromatic N) is 1. The molecule has 1 aliphatic rings. The van der Waals surface area contributed by atoms with Gasteiger partial charge >= 0.3 is 0 Å². The van der Waals surface area contributed by atoms with Crippen LogP contribution in [-0.4, -0.2) is 27.9 Å². The van der Waals surface area contributed by atoms with Crippen molar-refractivity contribution < 1.29 is 18.0 Å². The van der Waals surface area contributed by atoms with Crippen LogP contribution in [0.2, 0.25) is 0 Å². The lowest BCUT2D eigenvalue weighted by Gasteiger charge is -2.18. The minimum Gasteiger partial charge on any atom is -0.401 e. The average molecular weight is 473 g/mol. The van der Waals surface area contributed by atoms with Crippen LogP contribution in [0.1, 0.15) is 32.6 Å². The number of aryl methyl sites for hydroxylation is 3. The molecule has 0 fully saturated rings. The number of amides is 1. The molecule has 0 spiro atoms. The molecule has 1 amide bonds. The fourth-order valence-corrected chi connectivity index (χ4v) is 4.37. The Labute approximate surface area is 201 Å². The number of Topliss-reactive ketones (excluding diaryl/α,β-unsaturated/α-hetero) is 1. The van der Waals surface area contributed by atoms with Gasteiger partial charge in [-0.05, 0) is 62.2 Å². The number of allylic oxidation sites excluding steroid dienone is 1. The molecule has 1 aliphatic carbocycles. The number of fused-ring (bicyclic) bond motifs is 1. The smallest absolute Gasteiger partial charge is 0.259 e. The van der Waals surface area contributed by atoms with Gasteiger partial charge in [-0.2, -0.15) is 0 Å². The van der Waals surface area contributed by atoms with Crippen LogP contribution >= 0.6 is 0 Å². The molecule has 172 valence electrons. The van der Waals surface area contributed by atoms with E-state index >= 15 is 0 Å². The maximum absolute atomic E-state index is 13.2. The number of carbonyl (C=O) groups excluding carboxylic acids is 2. The largest absolute Gasteiger partial charge is 0.401 e. The zero-order valence-corrected chi connectivity index (χ0v) is 20.2. The van der Waals surface area contributed by atoms with Crippen molar-refractivity contribution in [3.05, 3.63) is 100 Å². The van der Waals surface area contributed by atoms with Crippen LogP contribution in [0.5, 0.6) is 5.75 Å². The SMILES string of the molecule is Cc1cc(C)c(N=C2C=C(C(=O)Nc3ccc(OS(C)=O)cc3)C(=O)c3ccccc32)c(C)c1. The highest BCUT2D eigenvalue weighted by atomic mass is 32.2. The van der Waals surface area contributed by atoms with Crippen molar-refractivity contribution in [1.29, 1.82) is 0 Å². The first-order chi connectivity index (χ1) is 16.2. The number of hydrogen-bond donors (Lipinski definition) is 1. The summed E-state index contributed by atoms with van der Waals surface area (Å²) in [4.78, 5) is 31.1. The van der Waals surface area contributed by atoms with Gasteiger partial charge in [-0.3, -0.25) is 9.59 Å². The van der Waals surface area contributed by atoms with Crippen molar-refractivity contribution in [1.82, 2.24) is 0 Å². The monoisotopic (exact) mass is 472 g/mol. The molecule has 0 radical (unpaired) electrons. The molecule has 0 saturated carbocycles. The van der Waals surface area contributed by atoms with Gasteiger partial charge in [0, 0.05) is 23.1 Å². The summed E-state index contributed by atoms with van der Waals surface area (Å²) in [5.74, 6) is -0.470. The van der Waals surface area contributed by atoms with E-state index in [1.54, 1.807) is 42.5 Å². The maximum Gasteiger partial charge on any atom is 0.259 e. The number of nitrogens with one attached hydrogen (secondary N) is 1. The molecule has 3 aromatic carbocycles. The predicted octanol–water partition coefficient (Wildman–Crippen LogP) is 5.17. The van der Waals surface area contributed by atoms with Crippen LogP contribution in [0.3, 0.4) is 0 Å². The number of carbonyl (C=O) groups is 2. The lowest BCUT2D eigenvalue weighted by molar-refractivity contribution is -0.112. The van der Waals surface area contributed by atoms with Gasteiger partial charge in [0.1, 0.15) is 5.75 Å². The zero-order valence-electron chi connectivity index (χ0n) is 19.3. The van der Waals surface area contributed by atoms with Crippen LogP contribution in [0.25, 0.3) is 0 Å². The second-order valence-corrected chi connectivity index (χ2v) is 9.11. The van der Waals surface area contributed by atoms with Crippen molar-refractivity contribution in [2.75, 3.05) is 11.6 Å². The third kappa shape index (κ3) is 4.89. The van der Waals surface area contributed by atoms with E-state index in [-0.39, 0.29) is 11.4 Å². The molecule has 1 N–H and O–H groups in total. The molecule has 0 saturated heterocycles. The summed E-state index contributed by atoms with van der Waals surface area (Å²) in [6.07, 6.45) is 2.98. The van der Waals surface area contributed by atoms with Crippen molar-refractivity contribution >= 4 is 39.9 Å². The average Bonchev–Trinajstić information content (AvgIpc) is 2.78.